The predicted molar refractivity (Wildman–Crippen MR) is 109 cm³/mol. The Hall–Kier alpha value is -2.01. The van der Waals surface area contributed by atoms with Crippen LogP contribution in [0.25, 0.3) is 10.9 Å². The van der Waals surface area contributed by atoms with Gasteiger partial charge in [-0.2, -0.15) is 0 Å². The molecule has 5 rings (SSSR count). The number of guanidine groups is 1. The summed E-state index contributed by atoms with van der Waals surface area (Å²) in [6.45, 7) is 4.76. The van der Waals surface area contributed by atoms with Gasteiger partial charge in [0.05, 0.1) is 6.10 Å². The molecule has 1 saturated heterocycles. The fourth-order valence-corrected chi connectivity index (χ4v) is 5.55. The molecule has 3 N–H and O–H groups in total. The number of benzene rings is 1. The summed E-state index contributed by atoms with van der Waals surface area (Å²) in [7, 11) is 0. The topological polar surface area (TPSA) is 61.4 Å². The van der Waals surface area contributed by atoms with Crippen LogP contribution < -0.4 is 10.6 Å². The molecule has 1 spiro atoms. The molecular formula is C22H30N4O. The Balaban J connectivity index is 1.26. The third-order valence-corrected chi connectivity index (χ3v) is 7.00. The van der Waals surface area contributed by atoms with Crippen molar-refractivity contribution in [2.45, 2.75) is 51.2 Å². The number of hydrogen-bond donors (Lipinski definition) is 3. The lowest BCUT2D eigenvalue weighted by Crippen LogP contribution is -2.72. The maximum absolute atomic E-state index is 6.05. The van der Waals surface area contributed by atoms with E-state index in [2.05, 4.69) is 53.0 Å². The van der Waals surface area contributed by atoms with E-state index in [-0.39, 0.29) is 0 Å². The van der Waals surface area contributed by atoms with Crippen molar-refractivity contribution in [1.29, 1.82) is 0 Å². The molecule has 2 heterocycles. The standard InChI is InChI=1S/C22H30N4O/c1-2-23-21(24-12-8-15-14-25-18-7-4-3-6-16(15)18)26-19-17-9-13-27-20(17)22(19)10-5-11-22/h3-4,6-7,14,17,19-20,25H,2,5,8-13H2,1H3,(H2,23,24,26). The lowest BCUT2D eigenvalue weighted by molar-refractivity contribution is -0.171. The smallest absolute Gasteiger partial charge is 0.191 e. The number of hydrogen-bond acceptors (Lipinski definition) is 2. The Bertz CT molecular complexity index is 838. The van der Waals surface area contributed by atoms with Crippen molar-refractivity contribution in [3.8, 4) is 0 Å². The fourth-order valence-electron chi connectivity index (χ4n) is 5.55. The van der Waals surface area contributed by atoms with Crippen LogP contribution >= 0.6 is 0 Å². The molecule has 2 aromatic rings. The first-order valence-electron chi connectivity index (χ1n) is 10.5. The number of aromatic amines is 1. The number of aromatic nitrogens is 1. The summed E-state index contributed by atoms with van der Waals surface area (Å²) in [6.07, 6.45) is 8.72. The first kappa shape index (κ1) is 17.1. The van der Waals surface area contributed by atoms with Crippen molar-refractivity contribution >= 4 is 16.9 Å². The minimum absolute atomic E-state index is 0.383. The summed E-state index contributed by atoms with van der Waals surface area (Å²) in [5, 5.41) is 8.55. The second-order valence-electron chi connectivity index (χ2n) is 8.32. The van der Waals surface area contributed by atoms with E-state index < -0.39 is 0 Å². The van der Waals surface area contributed by atoms with Gasteiger partial charge in [-0.1, -0.05) is 24.6 Å². The highest BCUT2D eigenvalue weighted by Gasteiger charge is 2.66. The number of ether oxygens (including phenoxy) is 1. The van der Waals surface area contributed by atoms with Crippen molar-refractivity contribution in [2.75, 3.05) is 19.7 Å². The predicted octanol–water partition coefficient (Wildman–Crippen LogP) is 3.22. The molecule has 0 bridgehead atoms. The van der Waals surface area contributed by atoms with Gasteiger partial charge in [-0.15, -0.1) is 0 Å². The molecule has 1 aromatic heterocycles. The first-order valence-corrected chi connectivity index (χ1v) is 10.5. The third-order valence-electron chi connectivity index (χ3n) is 7.00. The third kappa shape index (κ3) is 2.75. The first-order chi connectivity index (χ1) is 13.3. The van der Waals surface area contributed by atoms with Gasteiger partial charge in [0, 0.05) is 54.2 Å². The van der Waals surface area contributed by atoms with E-state index in [4.69, 9.17) is 9.73 Å². The van der Waals surface area contributed by atoms with Gasteiger partial charge in [0.15, 0.2) is 5.96 Å². The van der Waals surface area contributed by atoms with Crippen molar-refractivity contribution in [1.82, 2.24) is 15.6 Å². The normalized spacial score (nSPS) is 28.6. The van der Waals surface area contributed by atoms with E-state index in [9.17, 15) is 0 Å². The number of nitrogens with one attached hydrogen (secondary N) is 3. The van der Waals surface area contributed by atoms with Crippen LogP contribution in [0.5, 0.6) is 0 Å². The van der Waals surface area contributed by atoms with Crippen LogP contribution in [0.15, 0.2) is 35.5 Å². The van der Waals surface area contributed by atoms with Crippen LogP contribution in [0, 0.1) is 11.3 Å². The van der Waals surface area contributed by atoms with Gasteiger partial charge in [-0.25, -0.2) is 0 Å². The zero-order valence-electron chi connectivity index (χ0n) is 16.1. The van der Waals surface area contributed by atoms with Gasteiger partial charge < -0.3 is 20.4 Å². The fraction of sp³-hybridized carbons (Fsp3) is 0.591. The summed E-state index contributed by atoms with van der Waals surface area (Å²) in [6, 6.07) is 9.02. The van der Waals surface area contributed by atoms with E-state index in [0.717, 1.165) is 32.1 Å². The lowest BCUT2D eigenvalue weighted by Gasteiger charge is -2.63. The summed E-state index contributed by atoms with van der Waals surface area (Å²) >= 11 is 0. The van der Waals surface area contributed by atoms with Crippen molar-refractivity contribution in [3.05, 3.63) is 36.0 Å². The largest absolute Gasteiger partial charge is 0.377 e. The van der Waals surface area contributed by atoms with Crippen LogP contribution in [-0.4, -0.2) is 42.8 Å². The summed E-state index contributed by atoms with van der Waals surface area (Å²) in [5.74, 6) is 1.64. The Labute approximate surface area is 161 Å². The highest BCUT2D eigenvalue weighted by atomic mass is 16.5. The maximum atomic E-state index is 6.05. The second kappa shape index (κ2) is 6.86. The van der Waals surface area contributed by atoms with Crippen LogP contribution in [0.2, 0.25) is 0 Å². The molecule has 3 atom stereocenters. The molecular weight excluding hydrogens is 336 g/mol. The Morgan fingerprint density at radius 3 is 3.04 bits per heavy atom. The van der Waals surface area contributed by atoms with Crippen molar-refractivity contribution in [2.24, 2.45) is 16.3 Å². The molecule has 3 unspecified atom stereocenters. The number of aliphatic imine (C=N–C) groups is 1. The molecule has 3 aliphatic rings. The molecule has 27 heavy (non-hydrogen) atoms. The molecule has 3 fully saturated rings. The Morgan fingerprint density at radius 1 is 1.33 bits per heavy atom. The van der Waals surface area contributed by atoms with E-state index in [0.29, 0.717) is 23.5 Å². The van der Waals surface area contributed by atoms with Gasteiger partial charge in [0.25, 0.3) is 0 Å². The molecule has 1 aromatic carbocycles. The van der Waals surface area contributed by atoms with Crippen LogP contribution in [-0.2, 0) is 11.2 Å². The number of H-pyrrole nitrogens is 1. The van der Waals surface area contributed by atoms with Gasteiger partial charge >= 0.3 is 0 Å². The SMILES string of the molecule is CCNC(=NCCc1c[nH]c2ccccc12)NC1C2CCOC2C12CCC2. The molecule has 0 radical (unpaired) electrons. The summed E-state index contributed by atoms with van der Waals surface area (Å²) in [5.41, 5.74) is 2.93. The molecule has 5 heteroatoms. The number of fused-ring (bicyclic) bond motifs is 3. The van der Waals surface area contributed by atoms with Crippen LogP contribution in [0.4, 0.5) is 0 Å². The number of para-hydroxylation sites is 1. The van der Waals surface area contributed by atoms with Gasteiger partial charge in [-0.3, -0.25) is 4.99 Å². The number of nitrogens with zero attached hydrogens (tertiary/aromatic N) is 1. The van der Waals surface area contributed by atoms with Crippen LogP contribution in [0.1, 0.15) is 38.2 Å². The van der Waals surface area contributed by atoms with E-state index in [1.54, 1.807) is 0 Å². The summed E-state index contributed by atoms with van der Waals surface area (Å²) < 4.78 is 6.05. The minimum atomic E-state index is 0.383. The molecule has 144 valence electrons. The van der Waals surface area contributed by atoms with Gasteiger partial charge in [0.2, 0.25) is 0 Å². The zero-order valence-corrected chi connectivity index (χ0v) is 16.1. The Kier molecular flexibility index (Phi) is 4.35. The highest BCUT2D eigenvalue weighted by Crippen LogP contribution is 2.62. The Morgan fingerprint density at radius 2 is 2.22 bits per heavy atom. The molecule has 1 aliphatic heterocycles. The van der Waals surface area contributed by atoms with Gasteiger partial charge in [0.1, 0.15) is 0 Å². The zero-order chi connectivity index (χ0) is 18.3. The molecule has 2 saturated carbocycles. The average molecular weight is 367 g/mol. The monoisotopic (exact) mass is 366 g/mol. The lowest BCUT2D eigenvalue weighted by atomic mass is 9.46. The quantitative estimate of drug-likeness (QED) is 0.562. The van der Waals surface area contributed by atoms with Crippen LogP contribution in [0.3, 0.4) is 0 Å². The average Bonchev–Trinajstić information content (AvgIpc) is 3.24. The second-order valence-corrected chi connectivity index (χ2v) is 8.32. The molecule has 2 aliphatic carbocycles. The maximum Gasteiger partial charge on any atom is 0.191 e. The van der Waals surface area contributed by atoms with E-state index >= 15 is 0 Å². The molecule has 0 amide bonds. The van der Waals surface area contributed by atoms with Crippen molar-refractivity contribution < 1.29 is 4.74 Å². The van der Waals surface area contributed by atoms with Gasteiger partial charge in [-0.05, 0) is 44.2 Å². The minimum Gasteiger partial charge on any atom is -0.377 e. The summed E-state index contributed by atoms with van der Waals surface area (Å²) in [4.78, 5) is 8.25. The van der Waals surface area contributed by atoms with E-state index in [1.807, 2.05) is 0 Å². The van der Waals surface area contributed by atoms with E-state index in [1.165, 1.54) is 42.1 Å². The highest BCUT2D eigenvalue weighted by molar-refractivity contribution is 5.83. The van der Waals surface area contributed by atoms with Crippen molar-refractivity contribution in [3.63, 3.8) is 0 Å². The molecule has 5 nitrogen and oxygen atoms in total. The number of rotatable bonds is 5.